The summed E-state index contributed by atoms with van der Waals surface area (Å²) in [7, 11) is -1.99. The average Bonchev–Trinajstić information content (AvgIpc) is 3.32. The van der Waals surface area contributed by atoms with Crippen LogP contribution in [0.1, 0.15) is 24.8 Å². The molecule has 168 valence electrons. The molecule has 0 unspecified atom stereocenters. The molecule has 1 aliphatic rings. The number of nitrogens with one attached hydrogen (secondary N) is 1. The molecule has 7 nitrogen and oxygen atoms in total. The summed E-state index contributed by atoms with van der Waals surface area (Å²) in [5, 5.41) is 3.31. The van der Waals surface area contributed by atoms with Gasteiger partial charge in [-0.1, -0.05) is 23.7 Å². The van der Waals surface area contributed by atoms with E-state index < -0.39 is 10.0 Å². The van der Waals surface area contributed by atoms with Crippen molar-refractivity contribution in [3.05, 3.63) is 53.1 Å². The minimum atomic E-state index is -3.52. The van der Waals surface area contributed by atoms with Crippen molar-refractivity contribution in [2.75, 3.05) is 33.4 Å². The van der Waals surface area contributed by atoms with E-state index in [1.807, 2.05) is 12.1 Å². The second kappa shape index (κ2) is 10.8. The predicted octanol–water partition coefficient (Wildman–Crippen LogP) is 3.26. The Balaban J connectivity index is 1.54. The number of carbonyl (C=O) groups excluding carboxylic acids is 1. The molecule has 1 amide bonds. The molecule has 1 saturated heterocycles. The number of carbonyl (C=O) groups is 1. The number of hydrogen-bond acceptors (Lipinski definition) is 5. The fourth-order valence-electron chi connectivity index (χ4n) is 3.44. The summed E-state index contributed by atoms with van der Waals surface area (Å²) in [5.74, 6) is 0.979. The Hall–Kier alpha value is -2.29. The molecule has 0 atom stereocenters. The summed E-state index contributed by atoms with van der Waals surface area (Å²) in [6.07, 6.45) is 2.32. The van der Waals surface area contributed by atoms with Crippen LogP contribution >= 0.6 is 11.6 Å². The Morgan fingerprint density at radius 3 is 2.58 bits per heavy atom. The van der Waals surface area contributed by atoms with Crippen LogP contribution in [-0.2, 0) is 21.2 Å². The first kappa shape index (κ1) is 23.4. The summed E-state index contributed by atoms with van der Waals surface area (Å²) in [4.78, 5) is 12.5. The van der Waals surface area contributed by atoms with Crippen LogP contribution in [0.25, 0.3) is 0 Å². The van der Waals surface area contributed by atoms with Gasteiger partial charge in [0, 0.05) is 19.5 Å². The van der Waals surface area contributed by atoms with Gasteiger partial charge in [0.2, 0.25) is 15.9 Å². The molecule has 2 aromatic carbocycles. The van der Waals surface area contributed by atoms with E-state index in [9.17, 15) is 13.2 Å². The Bertz CT molecular complexity index is 1010. The van der Waals surface area contributed by atoms with E-state index in [1.165, 1.54) is 11.4 Å². The molecular weight excluding hydrogens is 440 g/mol. The van der Waals surface area contributed by atoms with Crippen LogP contribution in [0.2, 0.25) is 5.02 Å². The third kappa shape index (κ3) is 6.12. The van der Waals surface area contributed by atoms with E-state index in [2.05, 4.69) is 5.32 Å². The molecule has 1 N–H and O–H groups in total. The molecule has 3 rings (SSSR count). The number of rotatable bonds is 10. The Morgan fingerprint density at radius 2 is 1.87 bits per heavy atom. The molecule has 1 fully saturated rings. The average molecular weight is 467 g/mol. The van der Waals surface area contributed by atoms with Crippen molar-refractivity contribution in [1.82, 2.24) is 9.62 Å². The van der Waals surface area contributed by atoms with Crippen molar-refractivity contribution >= 4 is 27.5 Å². The number of hydrogen-bond donors (Lipinski definition) is 1. The number of benzene rings is 2. The van der Waals surface area contributed by atoms with Crippen molar-refractivity contribution in [2.24, 2.45) is 0 Å². The van der Waals surface area contributed by atoms with E-state index in [-0.39, 0.29) is 17.2 Å². The van der Waals surface area contributed by atoms with Crippen molar-refractivity contribution in [3.63, 3.8) is 0 Å². The predicted molar refractivity (Wildman–Crippen MR) is 119 cm³/mol. The van der Waals surface area contributed by atoms with Gasteiger partial charge in [0.1, 0.15) is 18.1 Å². The highest BCUT2D eigenvalue weighted by Crippen LogP contribution is 2.27. The van der Waals surface area contributed by atoms with Gasteiger partial charge in [-0.15, -0.1) is 0 Å². The van der Waals surface area contributed by atoms with Gasteiger partial charge in [-0.25, -0.2) is 8.42 Å². The maximum absolute atomic E-state index is 12.8. The quantitative estimate of drug-likeness (QED) is 0.543. The zero-order chi connectivity index (χ0) is 22.3. The highest BCUT2D eigenvalue weighted by molar-refractivity contribution is 7.89. The largest absolute Gasteiger partial charge is 0.496 e. The molecule has 0 saturated carbocycles. The van der Waals surface area contributed by atoms with Crippen molar-refractivity contribution in [1.29, 1.82) is 0 Å². The number of ether oxygens (including phenoxy) is 2. The zero-order valence-corrected chi connectivity index (χ0v) is 19.0. The lowest BCUT2D eigenvalue weighted by Gasteiger charge is -2.17. The van der Waals surface area contributed by atoms with Gasteiger partial charge < -0.3 is 14.8 Å². The first-order chi connectivity index (χ1) is 14.9. The van der Waals surface area contributed by atoms with E-state index in [1.54, 1.807) is 30.3 Å². The maximum Gasteiger partial charge on any atom is 0.243 e. The molecule has 0 radical (unpaired) electrons. The van der Waals surface area contributed by atoms with Crippen LogP contribution in [0.4, 0.5) is 0 Å². The molecule has 1 aliphatic heterocycles. The normalized spacial score (nSPS) is 14.4. The lowest BCUT2D eigenvalue weighted by Crippen LogP contribution is -2.28. The third-order valence-corrected chi connectivity index (χ3v) is 7.30. The Morgan fingerprint density at radius 1 is 1.13 bits per heavy atom. The standard InChI is InChI=1S/C22H27ClN2O5S/c1-29-20-10-9-18(31(27,28)25-13-4-5-14-25)16-17(20)8-11-22(26)24-12-15-30-21-7-3-2-6-19(21)23/h2-3,6-7,9-10,16H,4-5,8,11-15H2,1H3,(H,24,26). The van der Waals surface area contributed by atoms with Gasteiger partial charge in [-0.3, -0.25) is 4.79 Å². The van der Waals surface area contributed by atoms with Gasteiger partial charge in [0.25, 0.3) is 0 Å². The number of nitrogens with zero attached hydrogens (tertiary/aromatic N) is 1. The Labute approximate surface area is 188 Å². The summed E-state index contributed by atoms with van der Waals surface area (Å²) in [6, 6.07) is 12.0. The molecule has 0 spiro atoms. The number of amides is 1. The topological polar surface area (TPSA) is 84.9 Å². The molecule has 2 aromatic rings. The lowest BCUT2D eigenvalue weighted by atomic mass is 10.1. The van der Waals surface area contributed by atoms with Crippen LogP contribution in [0, 0.1) is 0 Å². The zero-order valence-electron chi connectivity index (χ0n) is 17.5. The van der Waals surface area contributed by atoms with Crippen molar-refractivity contribution in [3.8, 4) is 11.5 Å². The van der Waals surface area contributed by atoms with Crippen LogP contribution in [0.3, 0.4) is 0 Å². The van der Waals surface area contributed by atoms with Gasteiger partial charge >= 0.3 is 0 Å². The summed E-state index contributed by atoms with van der Waals surface area (Å²) < 4.78 is 38.1. The maximum atomic E-state index is 12.8. The van der Waals surface area contributed by atoms with Crippen molar-refractivity contribution in [2.45, 2.75) is 30.6 Å². The lowest BCUT2D eigenvalue weighted by molar-refractivity contribution is -0.121. The first-order valence-corrected chi connectivity index (χ1v) is 12.0. The van der Waals surface area contributed by atoms with E-state index in [4.69, 9.17) is 21.1 Å². The fourth-order valence-corrected chi connectivity index (χ4v) is 5.20. The minimum absolute atomic E-state index is 0.155. The van der Waals surface area contributed by atoms with Crippen LogP contribution in [0.5, 0.6) is 11.5 Å². The first-order valence-electron chi connectivity index (χ1n) is 10.2. The molecule has 31 heavy (non-hydrogen) atoms. The minimum Gasteiger partial charge on any atom is -0.496 e. The van der Waals surface area contributed by atoms with E-state index >= 15 is 0 Å². The van der Waals surface area contributed by atoms with Gasteiger partial charge in [0.15, 0.2) is 0 Å². The van der Waals surface area contributed by atoms with Crippen molar-refractivity contribution < 1.29 is 22.7 Å². The highest BCUT2D eigenvalue weighted by atomic mass is 35.5. The van der Waals surface area contributed by atoms with Crippen LogP contribution in [0.15, 0.2) is 47.4 Å². The van der Waals surface area contributed by atoms with Crippen LogP contribution < -0.4 is 14.8 Å². The SMILES string of the molecule is COc1ccc(S(=O)(=O)N2CCCC2)cc1CCC(=O)NCCOc1ccccc1Cl. The molecular formula is C22H27ClN2O5S. The second-order valence-electron chi connectivity index (χ2n) is 7.21. The van der Waals surface area contributed by atoms with Crippen LogP contribution in [-0.4, -0.2) is 52.0 Å². The number of halogens is 1. The Kier molecular flexibility index (Phi) is 8.17. The smallest absolute Gasteiger partial charge is 0.243 e. The summed E-state index contributed by atoms with van der Waals surface area (Å²) in [5.41, 5.74) is 0.685. The van der Waals surface area contributed by atoms with E-state index in [0.29, 0.717) is 54.7 Å². The monoisotopic (exact) mass is 466 g/mol. The third-order valence-electron chi connectivity index (χ3n) is 5.09. The number of sulfonamides is 1. The fraction of sp³-hybridized carbons (Fsp3) is 0.409. The molecule has 0 bridgehead atoms. The van der Waals surface area contributed by atoms with Gasteiger partial charge in [-0.2, -0.15) is 4.31 Å². The number of aryl methyl sites for hydroxylation is 1. The highest BCUT2D eigenvalue weighted by Gasteiger charge is 2.27. The molecule has 9 heteroatoms. The molecule has 1 heterocycles. The summed E-state index contributed by atoms with van der Waals surface area (Å²) in [6.45, 7) is 1.72. The van der Waals surface area contributed by atoms with Gasteiger partial charge in [-0.05, 0) is 55.2 Å². The van der Waals surface area contributed by atoms with Gasteiger partial charge in [0.05, 0.1) is 23.6 Å². The molecule has 0 aromatic heterocycles. The summed E-state index contributed by atoms with van der Waals surface area (Å²) >= 11 is 6.03. The number of para-hydroxylation sites is 1. The molecule has 0 aliphatic carbocycles. The second-order valence-corrected chi connectivity index (χ2v) is 9.56. The van der Waals surface area contributed by atoms with E-state index in [0.717, 1.165) is 12.8 Å². The number of methoxy groups -OCH3 is 1.